The zero-order chi connectivity index (χ0) is 32.7. The first kappa shape index (κ1) is 37.0. The Morgan fingerprint density at radius 2 is 1.51 bits per heavy atom. The fraction of sp³-hybridized carbons (Fsp3) is 0.419. The number of carbonyl (C=O) groups is 2. The number of hydrogen-bond donors (Lipinski definition) is 4. The normalized spacial score (nSPS) is 15.0. The van der Waals surface area contributed by atoms with Crippen LogP contribution < -0.4 is 21.5 Å². The maximum absolute atomic E-state index is 13.2. The lowest BCUT2D eigenvalue weighted by molar-refractivity contribution is -0.143. The predicted molar refractivity (Wildman–Crippen MR) is 173 cm³/mol. The molecule has 3 aromatic rings. The van der Waals surface area contributed by atoms with E-state index in [1.807, 2.05) is 71.9 Å². The zero-order valence-electron chi connectivity index (χ0n) is 26.0. The third-order valence-corrected chi connectivity index (χ3v) is 7.35. The second kappa shape index (κ2) is 18.5. The Labute approximate surface area is 255 Å². The van der Waals surface area contributed by atoms with Gasteiger partial charge in [0, 0.05) is 39.0 Å². The van der Waals surface area contributed by atoms with Crippen LogP contribution in [0.1, 0.15) is 63.0 Å². The van der Waals surface area contributed by atoms with Crippen molar-refractivity contribution in [2.45, 2.75) is 60.7 Å². The molecule has 2 unspecified atom stereocenters. The summed E-state index contributed by atoms with van der Waals surface area (Å²) in [7, 11) is -1.38. The zero-order valence-corrected chi connectivity index (χ0v) is 26.8. The Balaban J connectivity index is 0.00000145. The Morgan fingerprint density at radius 1 is 0.884 bits per heavy atom. The lowest BCUT2D eigenvalue weighted by Crippen LogP contribution is -2.58. The lowest BCUT2D eigenvalue weighted by atomic mass is 10.1. The molecular weight excluding hydrogens is 572 g/mol. The van der Waals surface area contributed by atoms with E-state index in [0.717, 1.165) is 10.5 Å². The predicted octanol–water partition coefficient (Wildman–Crippen LogP) is 3.80. The number of rotatable bonds is 9. The number of benzene rings is 2. The van der Waals surface area contributed by atoms with Crippen LogP contribution in [0.4, 0.5) is 11.4 Å². The number of anilines is 2. The number of nitrogens with one attached hydrogen (secondary N) is 2. The first-order chi connectivity index (χ1) is 20.7. The summed E-state index contributed by atoms with van der Waals surface area (Å²) in [6.07, 6.45) is 1.44. The van der Waals surface area contributed by atoms with Gasteiger partial charge in [0.25, 0.3) is 5.91 Å². The Bertz CT molecular complexity index is 1420. The highest BCUT2D eigenvalue weighted by atomic mass is 32.2. The topological polar surface area (TPSA) is 156 Å². The summed E-state index contributed by atoms with van der Waals surface area (Å²) in [5.41, 5.74) is 0.139. The fourth-order valence-corrected chi connectivity index (χ4v) is 4.91. The first-order valence-corrected chi connectivity index (χ1v) is 16.0. The smallest absolute Gasteiger partial charge is 0.327 e. The van der Waals surface area contributed by atoms with E-state index in [4.69, 9.17) is 0 Å². The number of phenols is 1. The van der Waals surface area contributed by atoms with Crippen molar-refractivity contribution in [2.75, 3.05) is 36.5 Å². The van der Waals surface area contributed by atoms with E-state index in [9.17, 15) is 33.6 Å². The standard InChI is InChI=1S/C25H26N4O7S.3C2H6/c1-37(36)28-10-11-29(19(14-28)25(34)35)24(33)16-8-5-9-18(21(16)30)26-13-17-20(23(32)22(17)31)27-12-15-6-3-2-4-7-15;3*1-2/h2-9,19,26-27,30H,10-14H2,1H3,(H,34,35);3*1-2H3. The van der Waals surface area contributed by atoms with Gasteiger partial charge in [-0.1, -0.05) is 77.9 Å². The number of carboxylic acids is 1. The number of carboxylic acid groups (broad SMARTS) is 1. The van der Waals surface area contributed by atoms with Crippen LogP contribution >= 0.6 is 0 Å². The number of carbonyl (C=O) groups excluding carboxylic acids is 1. The van der Waals surface area contributed by atoms with Crippen molar-refractivity contribution in [1.82, 2.24) is 9.21 Å². The molecular formula is C31H44N4O7S. The highest BCUT2D eigenvalue weighted by molar-refractivity contribution is 7.81. The van der Waals surface area contributed by atoms with Crippen LogP contribution in [-0.4, -0.2) is 67.4 Å². The summed E-state index contributed by atoms with van der Waals surface area (Å²) >= 11 is 0. The first-order valence-electron chi connectivity index (χ1n) is 14.5. The molecule has 0 saturated carbocycles. The molecule has 0 aliphatic carbocycles. The highest BCUT2D eigenvalue weighted by Gasteiger charge is 2.37. The third kappa shape index (κ3) is 9.23. The Morgan fingerprint density at radius 3 is 2.09 bits per heavy atom. The molecule has 0 spiro atoms. The SMILES string of the molecule is CC.CC.CC.CS(=O)N1CCN(C(=O)c2cccc(NCc3c(NCc4ccccc4)c(=O)c3=O)c2O)C(C(=O)O)C1. The van der Waals surface area contributed by atoms with Gasteiger partial charge in [-0.05, 0) is 17.7 Å². The fourth-order valence-electron chi connectivity index (χ4n) is 4.22. The van der Waals surface area contributed by atoms with Gasteiger partial charge in [-0.15, -0.1) is 0 Å². The molecule has 1 heterocycles. The second-order valence-electron chi connectivity index (χ2n) is 8.57. The van der Waals surface area contributed by atoms with E-state index in [1.165, 1.54) is 28.8 Å². The average molecular weight is 617 g/mol. The Kier molecular flexibility index (Phi) is 15.9. The van der Waals surface area contributed by atoms with Crippen LogP contribution in [0.3, 0.4) is 0 Å². The van der Waals surface area contributed by atoms with Gasteiger partial charge in [-0.3, -0.25) is 14.4 Å². The second-order valence-corrected chi connectivity index (χ2v) is 9.93. The van der Waals surface area contributed by atoms with E-state index in [-0.39, 0.29) is 48.7 Å². The molecule has 11 nitrogen and oxygen atoms in total. The van der Waals surface area contributed by atoms with Crippen molar-refractivity contribution in [2.24, 2.45) is 0 Å². The molecule has 1 amide bonds. The molecule has 0 aromatic heterocycles. The van der Waals surface area contributed by atoms with Crippen LogP contribution in [0.15, 0.2) is 58.1 Å². The van der Waals surface area contributed by atoms with E-state index in [2.05, 4.69) is 10.6 Å². The lowest BCUT2D eigenvalue weighted by Gasteiger charge is -2.38. The van der Waals surface area contributed by atoms with E-state index in [1.54, 1.807) is 0 Å². The maximum Gasteiger partial charge on any atom is 0.327 e. The highest BCUT2D eigenvalue weighted by Crippen LogP contribution is 2.30. The van der Waals surface area contributed by atoms with Gasteiger partial charge >= 0.3 is 5.97 Å². The van der Waals surface area contributed by atoms with Crippen LogP contribution in [0.25, 0.3) is 0 Å². The molecule has 2 atom stereocenters. The molecule has 1 saturated heterocycles. The number of phenolic OH excluding ortho intramolecular Hbond substituents is 1. The molecule has 3 aromatic carbocycles. The molecule has 236 valence electrons. The molecule has 4 N–H and O–H groups in total. The minimum atomic E-state index is -1.38. The summed E-state index contributed by atoms with van der Waals surface area (Å²) in [5, 5.41) is 26.3. The molecule has 0 radical (unpaired) electrons. The van der Waals surface area contributed by atoms with Gasteiger partial charge in [0.1, 0.15) is 6.04 Å². The van der Waals surface area contributed by atoms with Gasteiger partial charge in [-0.25, -0.2) is 13.3 Å². The molecule has 1 aliphatic rings. The van der Waals surface area contributed by atoms with Crippen molar-refractivity contribution in [3.8, 4) is 5.75 Å². The van der Waals surface area contributed by atoms with Crippen molar-refractivity contribution in [3.05, 3.63) is 85.7 Å². The summed E-state index contributed by atoms with van der Waals surface area (Å²) in [4.78, 5) is 50.4. The summed E-state index contributed by atoms with van der Waals surface area (Å²) in [6.45, 7) is 12.4. The van der Waals surface area contributed by atoms with Gasteiger partial charge in [-0.2, -0.15) is 0 Å². The number of aliphatic carboxylic acids is 1. The van der Waals surface area contributed by atoms with Crippen molar-refractivity contribution >= 4 is 34.2 Å². The van der Waals surface area contributed by atoms with Crippen LogP contribution in [0.2, 0.25) is 0 Å². The van der Waals surface area contributed by atoms with E-state index < -0.39 is 45.5 Å². The monoisotopic (exact) mass is 616 g/mol. The van der Waals surface area contributed by atoms with E-state index >= 15 is 0 Å². The Hall–Kier alpha value is -4.03. The van der Waals surface area contributed by atoms with Crippen LogP contribution in [0, 0.1) is 0 Å². The largest absolute Gasteiger partial charge is 0.505 e. The number of nitrogens with zero attached hydrogens (tertiary/aromatic N) is 2. The number of aromatic hydroxyl groups is 1. The number of amides is 1. The number of para-hydroxylation sites is 1. The van der Waals surface area contributed by atoms with Crippen LogP contribution in [-0.2, 0) is 28.9 Å². The van der Waals surface area contributed by atoms with Crippen molar-refractivity contribution in [1.29, 1.82) is 0 Å². The number of piperazine rings is 1. The molecule has 0 bridgehead atoms. The molecule has 1 fully saturated rings. The van der Waals surface area contributed by atoms with Crippen LogP contribution in [0.5, 0.6) is 5.75 Å². The molecule has 4 rings (SSSR count). The summed E-state index contributed by atoms with van der Waals surface area (Å²) < 4.78 is 13.3. The minimum absolute atomic E-state index is 0.0203. The van der Waals surface area contributed by atoms with Crippen molar-refractivity contribution in [3.63, 3.8) is 0 Å². The minimum Gasteiger partial charge on any atom is -0.505 e. The van der Waals surface area contributed by atoms with Crippen molar-refractivity contribution < 1.29 is 24.0 Å². The third-order valence-electron chi connectivity index (χ3n) is 6.30. The van der Waals surface area contributed by atoms with Gasteiger partial charge in [0.05, 0.1) is 33.5 Å². The van der Waals surface area contributed by atoms with Gasteiger partial charge in [0.2, 0.25) is 10.9 Å². The molecule has 1 aliphatic heterocycles. The van der Waals surface area contributed by atoms with Gasteiger partial charge < -0.3 is 25.7 Å². The average Bonchev–Trinajstić information content (AvgIpc) is 3.05. The quantitative estimate of drug-likeness (QED) is 0.207. The van der Waals surface area contributed by atoms with E-state index in [0.29, 0.717) is 6.54 Å². The number of hydrogen-bond acceptors (Lipinski definition) is 8. The molecule has 12 heteroatoms. The van der Waals surface area contributed by atoms with Gasteiger partial charge in [0.15, 0.2) is 5.75 Å². The summed E-state index contributed by atoms with van der Waals surface area (Å²) in [5.74, 6) is -2.34. The maximum atomic E-state index is 13.2. The molecule has 43 heavy (non-hydrogen) atoms. The summed E-state index contributed by atoms with van der Waals surface area (Å²) in [6, 6.07) is 12.5.